The van der Waals surface area contributed by atoms with Crippen molar-refractivity contribution >= 4 is 35.2 Å². The zero-order valence-electron chi connectivity index (χ0n) is 17.8. The average Bonchev–Trinajstić information content (AvgIpc) is 3.02. The second-order valence-electron chi connectivity index (χ2n) is 6.88. The number of hydrogen-bond acceptors (Lipinski definition) is 6. The topological polar surface area (TPSA) is 97.0 Å². The van der Waals surface area contributed by atoms with Crippen LogP contribution in [0.3, 0.4) is 0 Å². The Kier molecular flexibility index (Phi) is 7.06. The number of nitrogens with zero attached hydrogens (tertiary/aromatic N) is 1. The van der Waals surface area contributed by atoms with Crippen molar-refractivity contribution < 1.29 is 23.9 Å². The van der Waals surface area contributed by atoms with Crippen LogP contribution in [0.5, 0.6) is 11.5 Å². The number of nitrogens with one attached hydrogen (secondary N) is 2. The van der Waals surface area contributed by atoms with Crippen LogP contribution in [0.4, 0.5) is 5.69 Å². The minimum Gasteiger partial charge on any atom is -0.497 e. The zero-order valence-corrected chi connectivity index (χ0v) is 18.6. The van der Waals surface area contributed by atoms with Gasteiger partial charge in [-0.1, -0.05) is 12.1 Å². The fraction of sp³-hybridized carbons (Fsp3) is 0.318. The summed E-state index contributed by atoms with van der Waals surface area (Å²) in [4.78, 5) is 37.1. The van der Waals surface area contributed by atoms with Crippen LogP contribution in [-0.2, 0) is 9.59 Å². The van der Waals surface area contributed by atoms with Gasteiger partial charge in [0.1, 0.15) is 16.9 Å². The number of anilines is 1. The molecule has 0 saturated carbocycles. The molecule has 0 unspecified atom stereocenters. The van der Waals surface area contributed by atoms with Crippen LogP contribution < -0.4 is 20.2 Å². The van der Waals surface area contributed by atoms with Gasteiger partial charge in [0.15, 0.2) is 0 Å². The Bertz CT molecular complexity index is 980. The summed E-state index contributed by atoms with van der Waals surface area (Å²) in [5, 5.41) is 3.35. The molecule has 2 atom stereocenters. The number of rotatable bonds is 7. The Morgan fingerprint density at radius 3 is 2.48 bits per heavy atom. The van der Waals surface area contributed by atoms with E-state index in [1.54, 1.807) is 32.2 Å². The highest BCUT2D eigenvalue weighted by Gasteiger charge is 2.40. The zero-order chi connectivity index (χ0) is 22.5. The van der Waals surface area contributed by atoms with Crippen molar-refractivity contribution in [2.24, 2.45) is 0 Å². The van der Waals surface area contributed by atoms with Gasteiger partial charge in [-0.05, 0) is 43.7 Å². The summed E-state index contributed by atoms with van der Waals surface area (Å²) in [5.74, 6) is 0.143. The molecule has 8 nitrogen and oxygen atoms in total. The van der Waals surface area contributed by atoms with E-state index in [1.807, 2.05) is 31.2 Å². The van der Waals surface area contributed by atoms with E-state index in [1.165, 1.54) is 23.7 Å². The second kappa shape index (κ2) is 9.74. The molecule has 1 fully saturated rings. The number of carbonyl (C=O) groups excluding carboxylic acids is 3. The molecule has 0 aliphatic carbocycles. The molecular formula is C22H25N3O5S. The Labute approximate surface area is 185 Å². The van der Waals surface area contributed by atoms with Crippen molar-refractivity contribution in [2.75, 3.05) is 19.0 Å². The molecule has 31 heavy (non-hydrogen) atoms. The molecular weight excluding hydrogens is 418 g/mol. The van der Waals surface area contributed by atoms with Crippen molar-refractivity contribution in [1.82, 2.24) is 10.4 Å². The summed E-state index contributed by atoms with van der Waals surface area (Å²) in [5.41, 5.74) is 4.39. The van der Waals surface area contributed by atoms with Crippen LogP contribution in [-0.4, -0.2) is 41.7 Å². The van der Waals surface area contributed by atoms with Crippen molar-refractivity contribution in [3.05, 3.63) is 53.6 Å². The number of hydrazine groups is 1. The van der Waals surface area contributed by atoms with Gasteiger partial charge in [-0.25, -0.2) is 5.01 Å². The molecule has 164 valence electrons. The highest BCUT2D eigenvalue weighted by molar-refractivity contribution is 8.01. The van der Waals surface area contributed by atoms with Crippen molar-refractivity contribution in [3.63, 3.8) is 0 Å². The van der Waals surface area contributed by atoms with E-state index >= 15 is 0 Å². The first-order chi connectivity index (χ1) is 14.8. The normalized spacial score (nSPS) is 17.9. The lowest BCUT2D eigenvalue weighted by atomic mass is 10.1. The minimum absolute atomic E-state index is 0.188. The monoisotopic (exact) mass is 443 g/mol. The standard InChI is InChI=1S/C22H25N3O5S/c1-5-30-19-12-16(23-14(3)26)8-11-18(19)20(27)24-25-21(28)13(2)31-22(25)15-6-9-17(29-4)10-7-15/h6-13,22H,5H2,1-4H3,(H,23,26)(H,24,27)/t13-,22-/m1/s1. The molecule has 1 aliphatic heterocycles. The van der Waals surface area contributed by atoms with Gasteiger partial charge >= 0.3 is 0 Å². The average molecular weight is 444 g/mol. The van der Waals surface area contributed by atoms with E-state index in [-0.39, 0.29) is 28.0 Å². The maximum absolute atomic E-state index is 13.1. The molecule has 2 aromatic carbocycles. The quantitative estimate of drug-likeness (QED) is 0.681. The number of methoxy groups -OCH3 is 1. The smallest absolute Gasteiger partial charge is 0.273 e. The maximum Gasteiger partial charge on any atom is 0.273 e. The first kappa shape index (κ1) is 22.5. The predicted octanol–water partition coefficient (Wildman–Crippen LogP) is 3.36. The lowest BCUT2D eigenvalue weighted by Crippen LogP contribution is -2.45. The third-order valence-corrected chi connectivity index (χ3v) is 5.97. The maximum atomic E-state index is 13.1. The first-order valence-corrected chi connectivity index (χ1v) is 10.8. The van der Waals surface area contributed by atoms with Gasteiger partial charge < -0.3 is 14.8 Å². The number of benzene rings is 2. The summed E-state index contributed by atoms with van der Waals surface area (Å²) in [7, 11) is 1.59. The lowest BCUT2D eigenvalue weighted by molar-refractivity contribution is -0.132. The van der Waals surface area contributed by atoms with Crippen LogP contribution in [0.2, 0.25) is 0 Å². The van der Waals surface area contributed by atoms with Gasteiger partial charge in [-0.15, -0.1) is 11.8 Å². The summed E-state index contributed by atoms with van der Waals surface area (Å²) in [6.07, 6.45) is 0. The van der Waals surface area contributed by atoms with Gasteiger partial charge in [0.2, 0.25) is 5.91 Å². The van der Waals surface area contributed by atoms with Crippen LogP contribution in [0, 0.1) is 0 Å². The Hall–Kier alpha value is -3.20. The Balaban J connectivity index is 1.85. The molecule has 0 radical (unpaired) electrons. The van der Waals surface area contributed by atoms with Crippen LogP contribution in [0.25, 0.3) is 0 Å². The van der Waals surface area contributed by atoms with Gasteiger partial charge in [0.05, 0.1) is 24.5 Å². The van der Waals surface area contributed by atoms with Crippen LogP contribution >= 0.6 is 11.8 Å². The predicted molar refractivity (Wildman–Crippen MR) is 119 cm³/mol. The largest absolute Gasteiger partial charge is 0.497 e. The SMILES string of the molecule is CCOc1cc(NC(C)=O)ccc1C(=O)NN1C(=O)[C@@H](C)S[C@@H]1c1ccc(OC)cc1. The summed E-state index contributed by atoms with van der Waals surface area (Å²) in [6.45, 7) is 5.35. The fourth-order valence-corrected chi connectivity index (χ4v) is 4.38. The summed E-state index contributed by atoms with van der Waals surface area (Å²) < 4.78 is 10.8. The van der Waals surface area contributed by atoms with Gasteiger partial charge in [-0.3, -0.25) is 19.8 Å². The van der Waals surface area contributed by atoms with Crippen LogP contribution in [0.15, 0.2) is 42.5 Å². The molecule has 1 saturated heterocycles. The third kappa shape index (κ3) is 5.11. The Morgan fingerprint density at radius 1 is 1.16 bits per heavy atom. The van der Waals surface area contributed by atoms with Gasteiger partial charge in [0, 0.05) is 18.7 Å². The molecule has 2 aromatic rings. The highest BCUT2D eigenvalue weighted by atomic mass is 32.2. The van der Waals surface area contributed by atoms with E-state index in [0.717, 1.165) is 5.56 Å². The van der Waals surface area contributed by atoms with E-state index < -0.39 is 5.91 Å². The number of thioether (sulfide) groups is 1. The van der Waals surface area contributed by atoms with E-state index in [9.17, 15) is 14.4 Å². The van der Waals surface area contributed by atoms with E-state index in [2.05, 4.69) is 10.7 Å². The lowest BCUT2D eigenvalue weighted by Gasteiger charge is -2.25. The molecule has 3 rings (SSSR count). The molecule has 1 aliphatic rings. The van der Waals surface area contributed by atoms with Gasteiger partial charge in [0.25, 0.3) is 11.8 Å². The molecule has 0 spiro atoms. The van der Waals surface area contributed by atoms with Gasteiger partial charge in [-0.2, -0.15) is 0 Å². The summed E-state index contributed by atoms with van der Waals surface area (Å²) >= 11 is 1.45. The molecule has 9 heteroatoms. The molecule has 2 N–H and O–H groups in total. The summed E-state index contributed by atoms with van der Waals surface area (Å²) in [6, 6.07) is 12.1. The van der Waals surface area contributed by atoms with Crippen LogP contribution in [0.1, 0.15) is 42.1 Å². The van der Waals surface area contributed by atoms with Crippen molar-refractivity contribution in [2.45, 2.75) is 31.4 Å². The van der Waals surface area contributed by atoms with E-state index in [0.29, 0.717) is 23.8 Å². The fourth-order valence-electron chi connectivity index (χ4n) is 3.17. The number of carbonyl (C=O) groups is 3. The number of amides is 3. The molecule has 1 heterocycles. The molecule has 0 aromatic heterocycles. The Morgan fingerprint density at radius 2 is 1.87 bits per heavy atom. The van der Waals surface area contributed by atoms with E-state index in [4.69, 9.17) is 9.47 Å². The first-order valence-electron chi connectivity index (χ1n) is 9.82. The second-order valence-corrected chi connectivity index (χ2v) is 8.30. The highest BCUT2D eigenvalue weighted by Crippen LogP contribution is 2.42. The third-order valence-electron chi connectivity index (χ3n) is 4.62. The molecule has 3 amide bonds. The number of hydrogen-bond donors (Lipinski definition) is 2. The van der Waals surface area contributed by atoms with Crippen molar-refractivity contribution in [1.29, 1.82) is 0 Å². The number of ether oxygens (including phenoxy) is 2. The minimum atomic E-state index is -0.473. The van der Waals surface area contributed by atoms with Crippen molar-refractivity contribution in [3.8, 4) is 11.5 Å². The molecule has 0 bridgehead atoms.